The van der Waals surface area contributed by atoms with Crippen LogP contribution in [-0.4, -0.2) is 45.8 Å². The van der Waals surface area contributed by atoms with Gasteiger partial charge in [0.05, 0.1) is 16.9 Å². The van der Waals surface area contributed by atoms with Crippen LogP contribution < -0.4 is 5.32 Å². The number of carbonyl (C=O) groups excluding carboxylic acids is 1. The first-order chi connectivity index (χ1) is 10.5. The number of piperazine rings is 1. The predicted molar refractivity (Wildman–Crippen MR) is 86.3 cm³/mol. The highest BCUT2D eigenvalue weighted by molar-refractivity contribution is 5.95. The molecule has 1 N–H and O–H groups in total. The number of benzene rings is 1. The largest absolute Gasteiger partial charge is 0.335 e. The minimum absolute atomic E-state index is 0.0693. The van der Waals surface area contributed by atoms with E-state index in [2.05, 4.69) is 24.3 Å². The van der Waals surface area contributed by atoms with Crippen molar-refractivity contribution in [2.24, 2.45) is 0 Å². The lowest BCUT2D eigenvalue weighted by atomic mass is 10.1. The molecular formula is C17H22N4O. The van der Waals surface area contributed by atoms with Crippen molar-refractivity contribution in [1.82, 2.24) is 20.0 Å². The zero-order chi connectivity index (χ0) is 15.7. The summed E-state index contributed by atoms with van der Waals surface area (Å²) in [6, 6.07) is 10.5. The Labute approximate surface area is 130 Å². The van der Waals surface area contributed by atoms with E-state index < -0.39 is 0 Å². The summed E-state index contributed by atoms with van der Waals surface area (Å²) in [5.74, 6) is 0.0693. The van der Waals surface area contributed by atoms with Crippen LogP contribution in [0.15, 0.2) is 36.5 Å². The first-order valence-corrected chi connectivity index (χ1v) is 7.71. The molecule has 5 heteroatoms. The number of nitrogens with zero attached hydrogens (tertiary/aromatic N) is 3. The fourth-order valence-corrected chi connectivity index (χ4v) is 3.05. The van der Waals surface area contributed by atoms with Gasteiger partial charge in [0.15, 0.2) is 0 Å². The van der Waals surface area contributed by atoms with Gasteiger partial charge in [-0.15, -0.1) is 0 Å². The molecule has 1 aliphatic heterocycles. The highest BCUT2D eigenvalue weighted by Gasteiger charge is 2.27. The number of rotatable bonds is 2. The molecule has 5 nitrogen and oxygen atoms in total. The molecule has 0 radical (unpaired) electrons. The van der Waals surface area contributed by atoms with Gasteiger partial charge < -0.3 is 10.2 Å². The van der Waals surface area contributed by atoms with Crippen molar-refractivity contribution in [3.8, 4) is 5.69 Å². The number of amides is 1. The van der Waals surface area contributed by atoms with Crippen LogP contribution in [0.5, 0.6) is 0 Å². The summed E-state index contributed by atoms with van der Waals surface area (Å²) in [4.78, 5) is 14.7. The summed E-state index contributed by atoms with van der Waals surface area (Å²) in [5.41, 5.74) is 2.42. The molecule has 0 aliphatic carbocycles. The number of hydrogen-bond donors (Lipinski definition) is 1. The fraction of sp³-hybridized carbons (Fsp3) is 0.412. The first kappa shape index (κ1) is 14.8. The summed E-state index contributed by atoms with van der Waals surface area (Å²) < 4.78 is 1.78. The van der Waals surface area contributed by atoms with Crippen molar-refractivity contribution in [3.05, 3.63) is 47.8 Å². The molecule has 0 bridgehead atoms. The Hall–Kier alpha value is -2.14. The van der Waals surface area contributed by atoms with Gasteiger partial charge in [-0.25, -0.2) is 4.68 Å². The molecule has 1 aromatic heterocycles. The molecule has 3 rings (SSSR count). The quantitative estimate of drug-likeness (QED) is 0.922. The Morgan fingerprint density at radius 3 is 2.45 bits per heavy atom. The second-order valence-corrected chi connectivity index (χ2v) is 6.09. The lowest BCUT2D eigenvalue weighted by Crippen LogP contribution is -2.55. The average molecular weight is 298 g/mol. The van der Waals surface area contributed by atoms with Crippen molar-refractivity contribution >= 4 is 5.91 Å². The van der Waals surface area contributed by atoms with Gasteiger partial charge in [-0.05, 0) is 32.9 Å². The van der Waals surface area contributed by atoms with Crippen LogP contribution in [0.4, 0.5) is 0 Å². The zero-order valence-corrected chi connectivity index (χ0v) is 13.3. The lowest BCUT2D eigenvalue weighted by Gasteiger charge is -2.36. The van der Waals surface area contributed by atoms with Crippen molar-refractivity contribution < 1.29 is 4.79 Å². The molecule has 0 unspecified atom stereocenters. The monoisotopic (exact) mass is 298 g/mol. The zero-order valence-electron chi connectivity index (χ0n) is 13.3. The van der Waals surface area contributed by atoms with Gasteiger partial charge in [0.1, 0.15) is 0 Å². The van der Waals surface area contributed by atoms with E-state index in [1.165, 1.54) is 0 Å². The topological polar surface area (TPSA) is 50.2 Å². The first-order valence-electron chi connectivity index (χ1n) is 7.71. The van der Waals surface area contributed by atoms with Gasteiger partial charge in [0.25, 0.3) is 5.91 Å². The average Bonchev–Trinajstić information content (AvgIpc) is 2.88. The van der Waals surface area contributed by atoms with Gasteiger partial charge in [-0.3, -0.25) is 4.79 Å². The number of para-hydroxylation sites is 1. The summed E-state index contributed by atoms with van der Waals surface area (Å²) in [5, 5.41) is 7.93. The second kappa shape index (κ2) is 5.93. The minimum atomic E-state index is 0.0693. The van der Waals surface area contributed by atoms with Gasteiger partial charge in [0.2, 0.25) is 0 Å². The predicted octanol–water partition coefficient (Wildman–Crippen LogP) is 2.00. The third-order valence-electron chi connectivity index (χ3n) is 3.99. The highest BCUT2D eigenvalue weighted by Crippen LogP contribution is 2.16. The van der Waals surface area contributed by atoms with Crippen LogP contribution in [0.25, 0.3) is 5.69 Å². The number of nitrogens with one attached hydrogen (secondary N) is 1. The van der Waals surface area contributed by atoms with E-state index in [1.807, 2.05) is 48.4 Å². The Kier molecular flexibility index (Phi) is 3.98. The van der Waals surface area contributed by atoms with Gasteiger partial charge >= 0.3 is 0 Å². The smallest absolute Gasteiger partial charge is 0.257 e. The molecule has 1 saturated heterocycles. The molecule has 116 valence electrons. The summed E-state index contributed by atoms with van der Waals surface area (Å²) in [6.45, 7) is 7.58. The maximum absolute atomic E-state index is 12.8. The standard InChI is InChI=1S/C17H22N4O/c1-12-9-20(10-13(2)18-12)17(22)16-11-21(19-14(16)3)15-7-5-4-6-8-15/h4-8,11-13,18H,9-10H2,1-3H3/t12-,13-/m1/s1. The SMILES string of the molecule is Cc1nn(-c2ccccc2)cc1C(=O)N1C[C@@H](C)N[C@H](C)C1. The maximum atomic E-state index is 12.8. The van der Waals surface area contributed by atoms with Gasteiger partial charge in [-0.2, -0.15) is 5.10 Å². The van der Waals surface area contributed by atoms with E-state index in [0.29, 0.717) is 17.6 Å². The molecule has 2 heterocycles. The molecule has 2 aromatic rings. The van der Waals surface area contributed by atoms with E-state index in [0.717, 1.165) is 24.5 Å². The van der Waals surface area contributed by atoms with E-state index in [9.17, 15) is 4.79 Å². The van der Waals surface area contributed by atoms with Crippen molar-refractivity contribution in [2.75, 3.05) is 13.1 Å². The summed E-state index contributed by atoms with van der Waals surface area (Å²) in [6.07, 6.45) is 1.84. The molecular weight excluding hydrogens is 276 g/mol. The summed E-state index contributed by atoms with van der Waals surface area (Å²) in [7, 11) is 0. The summed E-state index contributed by atoms with van der Waals surface area (Å²) >= 11 is 0. The maximum Gasteiger partial charge on any atom is 0.257 e. The van der Waals surface area contributed by atoms with Gasteiger partial charge in [0, 0.05) is 31.4 Å². The molecule has 1 fully saturated rings. The number of aromatic nitrogens is 2. The van der Waals surface area contributed by atoms with Crippen molar-refractivity contribution in [1.29, 1.82) is 0 Å². The molecule has 0 saturated carbocycles. The number of aryl methyl sites for hydroxylation is 1. The Balaban J connectivity index is 1.86. The van der Waals surface area contributed by atoms with E-state index in [1.54, 1.807) is 4.68 Å². The van der Waals surface area contributed by atoms with Crippen LogP contribution in [0.3, 0.4) is 0 Å². The molecule has 2 atom stereocenters. The van der Waals surface area contributed by atoms with Crippen LogP contribution in [0.2, 0.25) is 0 Å². The van der Waals surface area contributed by atoms with Crippen LogP contribution in [0.1, 0.15) is 29.9 Å². The van der Waals surface area contributed by atoms with Crippen LogP contribution >= 0.6 is 0 Å². The lowest BCUT2D eigenvalue weighted by molar-refractivity contribution is 0.0673. The highest BCUT2D eigenvalue weighted by atomic mass is 16.2. The molecule has 22 heavy (non-hydrogen) atoms. The number of hydrogen-bond acceptors (Lipinski definition) is 3. The number of carbonyl (C=O) groups is 1. The fourth-order valence-electron chi connectivity index (χ4n) is 3.05. The Morgan fingerprint density at radius 1 is 1.18 bits per heavy atom. The second-order valence-electron chi connectivity index (χ2n) is 6.09. The van der Waals surface area contributed by atoms with E-state index in [4.69, 9.17) is 0 Å². The third kappa shape index (κ3) is 2.90. The van der Waals surface area contributed by atoms with Crippen LogP contribution in [0, 0.1) is 6.92 Å². The van der Waals surface area contributed by atoms with Crippen molar-refractivity contribution in [2.45, 2.75) is 32.9 Å². The normalized spacial score (nSPS) is 21.9. The Morgan fingerprint density at radius 2 is 1.82 bits per heavy atom. The van der Waals surface area contributed by atoms with Crippen molar-refractivity contribution in [3.63, 3.8) is 0 Å². The Bertz CT molecular complexity index is 655. The minimum Gasteiger partial charge on any atom is -0.335 e. The molecule has 1 aromatic carbocycles. The van der Waals surface area contributed by atoms with Gasteiger partial charge in [-0.1, -0.05) is 18.2 Å². The van der Waals surface area contributed by atoms with E-state index >= 15 is 0 Å². The molecule has 0 spiro atoms. The van der Waals surface area contributed by atoms with E-state index in [-0.39, 0.29) is 5.91 Å². The third-order valence-corrected chi connectivity index (χ3v) is 3.99. The van der Waals surface area contributed by atoms with Crippen LogP contribution in [-0.2, 0) is 0 Å². The molecule has 1 amide bonds. The molecule has 1 aliphatic rings.